The van der Waals surface area contributed by atoms with Crippen LogP contribution < -0.4 is 19.5 Å². The van der Waals surface area contributed by atoms with Crippen molar-refractivity contribution >= 4 is 5.91 Å². The summed E-state index contributed by atoms with van der Waals surface area (Å²) < 4.78 is 17.0. The molecule has 0 fully saturated rings. The van der Waals surface area contributed by atoms with Gasteiger partial charge in [-0.3, -0.25) is 4.79 Å². The van der Waals surface area contributed by atoms with Crippen molar-refractivity contribution in [1.82, 2.24) is 5.32 Å². The van der Waals surface area contributed by atoms with Crippen molar-refractivity contribution in [2.45, 2.75) is 12.8 Å². The molecule has 0 aromatic heterocycles. The van der Waals surface area contributed by atoms with Crippen molar-refractivity contribution in [2.24, 2.45) is 5.92 Å². The summed E-state index contributed by atoms with van der Waals surface area (Å²) in [6, 6.07) is 13.8. The largest absolute Gasteiger partial charge is 0.493 e. The van der Waals surface area contributed by atoms with E-state index in [1.54, 1.807) is 14.2 Å². The van der Waals surface area contributed by atoms with Crippen LogP contribution in [0.4, 0.5) is 0 Å². The lowest BCUT2D eigenvalue weighted by molar-refractivity contribution is -0.122. The third-order valence-electron chi connectivity index (χ3n) is 4.37. The molecule has 5 heteroatoms. The van der Waals surface area contributed by atoms with Gasteiger partial charge >= 0.3 is 0 Å². The van der Waals surface area contributed by atoms with Crippen LogP contribution in [-0.4, -0.2) is 33.3 Å². The molecule has 0 radical (unpaired) electrons. The van der Waals surface area contributed by atoms with Crippen LogP contribution in [0.1, 0.15) is 11.1 Å². The van der Waals surface area contributed by atoms with Crippen LogP contribution in [0.5, 0.6) is 17.2 Å². The summed E-state index contributed by atoms with van der Waals surface area (Å²) in [5, 5.41) is 2.56. The van der Waals surface area contributed by atoms with Crippen LogP contribution in [0.15, 0.2) is 42.5 Å². The number of carbonyl (C=O) groups excluding carboxylic acids is 1. The maximum atomic E-state index is 11.4. The van der Waals surface area contributed by atoms with E-state index in [4.69, 9.17) is 14.2 Å². The molecule has 25 heavy (non-hydrogen) atoms. The molecule has 1 heterocycles. The lowest BCUT2D eigenvalue weighted by Gasteiger charge is -2.27. The number of rotatable bonds is 6. The first kappa shape index (κ1) is 17.1. The molecule has 5 nitrogen and oxygen atoms in total. The summed E-state index contributed by atoms with van der Waals surface area (Å²) in [5.41, 5.74) is 2.26. The number of hydrogen-bond donors (Lipinski definition) is 1. The standard InChI is InChI=1S/C20H23NO4/c1-21-19(22)13-24-17-8-4-3-6-15(17)10-14-11-16-7-5-9-18(23-2)20(16)25-12-14/h3-9,14H,10-13H2,1-2H3,(H,21,22). The topological polar surface area (TPSA) is 56.8 Å². The third kappa shape index (κ3) is 4.05. The zero-order valence-electron chi connectivity index (χ0n) is 14.6. The number of likely N-dealkylation sites (N-methyl/N-ethyl adjacent to an activating group) is 1. The molecule has 2 aromatic rings. The third-order valence-corrected chi connectivity index (χ3v) is 4.37. The van der Waals surface area contributed by atoms with E-state index in [0.29, 0.717) is 12.5 Å². The van der Waals surface area contributed by atoms with E-state index in [2.05, 4.69) is 11.4 Å². The van der Waals surface area contributed by atoms with Gasteiger partial charge in [-0.05, 0) is 36.1 Å². The Morgan fingerprint density at radius 1 is 1.20 bits per heavy atom. The van der Waals surface area contributed by atoms with Crippen LogP contribution >= 0.6 is 0 Å². The number of para-hydroxylation sites is 2. The highest BCUT2D eigenvalue weighted by atomic mass is 16.5. The van der Waals surface area contributed by atoms with Gasteiger partial charge in [0.1, 0.15) is 5.75 Å². The quantitative estimate of drug-likeness (QED) is 0.877. The number of fused-ring (bicyclic) bond motifs is 1. The predicted octanol–water partition coefficient (Wildman–Crippen LogP) is 2.61. The molecule has 0 spiro atoms. The van der Waals surface area contributed by atoms with Gasteiger partial charge in [0.25, 0.3) is 5.91 Å². The molecule has 1 aliphatic heterocycles. The molecule has 1 N–H and O–H groups in total. The predicted molar refractivity (Wildman–Crippen MR) is 95.4 cm³/mol. The summed E-state index contributed by atoms with van der Waals surface area (Å²) in [4.78, 5) is 11.4. The summed E-state index contributed by atoms with van der Waals surface area (Å²) >= 11 is 0. The first-order chi connectivity index (χ1) is 12.2. The van der Waals surface area contributed by atoms with Gasteiger partial charge in [0, 0.05) is 13.0 Å². The van der Waals surface area contributed by atoms with E-state index >= 15 is 0 Å². The number of nitrogens with one attached hydrogen (secondary N) is 1. The van der Waals surface area contributed by atoms with Crippen molar-refractivity contribution in [3.63, 3.8) is 0 Å². The summed E-state index contributed by atoms with van der Waals surface area (Å²) in [7, 11) is 3.26. The van der Waals surface area contributed by atoms with Gasteiger partial charge in [-0.2, -0.15) is 0 Å². The number of benzene rings is 2. The van der Waals surface area contributed by atoms with Crippen LogP contribution in [0.3, 0.4) is 0 Å². The average molecular weight is 341 g/mol. The minimum atomic E-state index is -0.142. The zero-order chi connectivity index (χ0) is 17.6. The number of ether oxygens (including phenoxy) is 3. The second-order valence-electron chi connectivity index (χ2n) is 6.10. The van der Waals surface area contributed by atoms with E-state index in [-0.39, 0.29) is 12.5 Å². The molecular weight excluding hydrogens is 318 g/mol. The van der Waals surface area contributed by atoms with E-state index in [1.807, 2.05) is 36.4 Å². The molecule has 0 aliphatic carbocycles. The van der Waals surface area contributed by atoms with E-state index in [0.717, 1.165) is 35.7 Å². The fourth-order valence-corrected chi connectivity index (χ4v) is 3.09. The SMILES string of the molecule is CNC(=O)COc1ccccc1CC1COc2c(cccc2OC)C1. The summed E-state index contributed by atoms with van der Waals surface area (Å²) in [6.45, 7) is 0.659. The van der Waals surface area contributed by atoms with Gasteiger partial charge in [-0.1, -0.05) is 30.3 Å². The van der Waals surface area contributed by atoms with Gasteiger partial charge < -0.3 is 19.5 Å². The summed E-state index contributed by atoms with van der Waals surface area (Å²) in [5.74, 6) is 2.60. The minimum absolute atomic E-state index is 0.0225. The fraction of sp³-hybridized carbons (Fsp3) is 0.350. The van der Waals surface area contributed by atoms with Crippen molar-refractivity contribution < 1.29 is 19.0 Å². The Morgan fingerprint density at radius 3 is 2.80 bits per heavy atom. The van der Waals surface area contributed by atoms with Gasteiger partial charge in [0.2, 0.25) is 0 Å². The van der Waals surface area contributed by atoms with Crippen LogP contribution in [0.25, 0.3) is 0 Å². The maximum Gasteiger partial charge on any atom is 0.257 e. The Morgan fingerprint density at radius 2 is 2.00 bits per heavy atom. The fourth-order valence-electron chi connectivity index (χ4n) is 3.09. The molecule has 0 saturated carbocycles. The first-order valence-electron chi connectivity index (χ1n) is 8.41. The Kier molecular flexibility index (Phi) is 5.43. The maximum absolute atomic E-state index is 11.4. The van der Waals surface area contributed by atoms with Crippen LogP contribution in [-0.2, 0) is 17.6 Å². The number of amides is 1. The molecule has 2 aromatic carbocycles. The summed E-state index contributed by atoms with van der Waals surface area (Å²) in [6.07, 6.45) is 1.76. The second kappa shape index (κ2) is 7.92. The van der Waals surface area contributed by atoms with E-state index < -0.39 is 0 Å². The molecule has 1 amide bonds. The van der Waals surface area contributed by atoms with Gasteiger partial charge in [-0.15, -0.1) is 0 Å². The van der Waals surface area contributed by atoms with Crippen molar-refractivity contribution in [3.05, 3.63) is 53.6 Å². The highest BCUT2D eigenvalue weighted by Crippen LogP contribution is 2.37. The second-order valence-corrected chi connectivity index (χ2v) is 6.10. The average Bonchev–Trinajstić information content (AvgIpc) is 2.66. The number of methoxy groups -OCH3 is 1. The number of hydrogen-bond acceptors (Lipinski definition) is 4. The Bertz CT molecular complexity index is 744. The van der Waals surface area contributed by atoms with Crippen molar-refractivity contribution in [1.29, 1.82) is 0 Å². The Hall–Kier alpha value is -2.69. The van der Waals surface area contributed by atoms with E-state index in [9.17, 15) is 4.79 Å². The molecule has 132 valence electrons. The molecule has 3 rings (SSSR count). The highest BCUT2D eigenvalue weighted by molar-refractivity contribution is 5.77. The Balaban J connectivity index is 1.70. The van der Waals surface area contributed by atoms with Gasteiger partial charge in [0.15, 0.2) is 18.1 Å². The lowest BCUT2D eigenvalue weighted by Crippen LogP contribution is -2.26. The van der Waals surface area contributed by atoms with Crippen LogP contribution in [0.2, 0.25) is 0 Å². The van der Waals surface area contributed by atoms with Crippen LogP contribution in [0, 0.1) is 5.92 Å². The van der Waals surface area contributed by atoms with Crippen molar-refractivity contribution in [2.75, 3.05) is 27.4 Å². The Labute approximate surface area is 147 Å². The molecular formula is C20H23NO4. The van der Waals surface area contributed by atoms with Crippen molar-refractivity contribution in [3.8, 4) is 17.2 Å². The lowest BCUT2D eigenvalue weighted by atomic mass is 9.90. The molecule has 1 aliphatic rings. The molecule has 0 saturated heterocycles. The van der Waals surface area contributed by atoms with E-state index in [1.165, 1.54) is 5.56 Å². The highest BCUT2D eigenvalue weighted by Gasteiger charge is 2.23. The van der Waals surface area contributed by atoms with Gasteiger partial charge in [-0.25, -0.2) is 0 Å². The first-order valence-corrected chi connectivity index (χ1v) is 8.41. The van der Waals surface area contributed by atoms with Gasteiger partial charge in [0.05, 0.1) is 13.7 Å². The smallest absolute Gasteiger partial charge is 0.257 e. The normalized spacial score (nSPS) is 15.7. The minimum Gasteiger partial charge on any atom is -0.493 e. The molecule has 1 unspecified atom stereocenters. The zero-order valence-corrected chi connectivity index (χ0v) is 14.6. The molecule has 1 atom stereocenters. The number of carbonyl (C=O) groups is 1. The monoisotopic (exact) mass is 341 g/mol. The molecule has 0 bridgehead atoms.